The quantitative estimate of drug-likeness (QED) is 0.123. The number of ether oxygens (including phenoxy) is 2. The van der Waals surface area contributed by atoms with E-state index in [-0.39, 0.29) is 63.5 Å². The SMILES string of the molecule is COCCN(CCOC)c1nc(Nc2ccc(S(=O)(=O)[O-])cc2)nc(Nc2ccc(I)cc2C(=O)O)n1.[Na+]. The van der Waals surface area contributed by atoms with Crippen LogP contribution in [0.2, 0.25) is 0 Å². The van der Waals surface area contributed by atoms with E-state index >= 15 is 0 Å². The first-order valence-corrected chi connectivity index (χ1v) is 13.2. The molecular formula is C22H24IN6NaO7S. The monoisotopic (exact) mass is 666 g/mol. The van der Waals surface area contributed by atoms with Crippen LogP contribution in [0.25, 0.3) is 0 Å². The molecule has 1 aromatic heterocycles. The number of methoxy groups -OCH3 is 2. The van der Waals surface area contributed by atoms with Gasteiger partial charge >= 0.3 is 35.5 Å². The Hall–Kier alpha value is -2.12. The second kappa shape index (κ2) is 14.9. The van der Waals surface area contributed by atoms with Crippen LogP contribution in [-0.4, -0.2) is 79.5 Å². The van der Waals surface area contributed by atoms with Gasteiger partial charge in [-0.05, 0) is 65.1 Å². The van der Waals surface area contributed by atoms with Crippen LogP contribution < -0.4 is 45.1 Å². The van der Waals surface area contributed by atoms with Gasteiger partial charge in [0, 0.05) is 36.6 Å². The van der Waals surface area contributed by atoms with Crippen LogP contribution in [0.3, 0.4) is 0 Å². The molecule has 0 fully saturated rings. The zero-order valence-electron chi connectivity index (χ0n) is 20.8. The molecule has 0 saturated carbocycles. The van der Waals surface area contributed by atoms with Gasteiger partial charge in [-0.2, -0.15) is 15.0 Å². The Morgan fingerprint density at radius 2 is 1.58 bits per heavy atom. The minimum Gasteiger partial charge on any atom is -0.744 e. The standard InChI is InChI=1S/C22H25IN6O7S.Na/c1-35-11-9-29(10-12-36-2)22-27-20(24-15-4-6-16(7-5-15)37(32,33)34)26-21(28-22)25-18-8-3-14(23)13-17(18)19(30)31;/h3-8,13H,9-12H2,1-2H3,(H,30,31)(H,32,33,34)(H2,24,25,26,27,28);/q;+1/p-1. The molecule has 0 spiro atoms. The van der Waals surface area contributed by atoms with Crippen LogP contribution in [0.15, 0.2) is 47.4 Å². The number of aromatic carboxylic acids is 1. The molecule has 1 heterocycles. The molecule has 16 heteroatoms. The van der Waals surface area contributed by atoms with Crippen molar-refractivity contribution in [2.45, 2.75) is 4.90 Å². The predicted molar refractivity (Wildman–Crippen MR) is 143 cm³/mol. The summed E-state index contributed by atoms with van der Waals surface area (Å²) < 4.78 is 44.8. The molecule has 3 N–H and O–H groups in total. The Morgan fingerprint density at radius 1 is 1.00 bits per heavy atom. The summed E-state index contributed by atoms with van der Waals surface area (Å²) in [5, 5.41) is 15.5. The molecule has 0 aliphatic heterocycles. The van der Waals surface area contributed by atoms with Gasteiger partial charge in [0.15, 0.2) is 0 Å². The van der Waals surface area contributed by atoms with Crippen molar-refractivity contribution in [3.8, 4) is 0 Å². The minimum absolute atomic E-state index is 0. The molecule has 2 aromatic carbocycles. The number of hydrogen-bond donors (Lipinski definition) is 3. The van der Waals surface area contributed by atoms with E-state index in [1.54, 1.807) is 26.4 Å². The number of benzene rings is 2. The molecule has 38 heavy (non-hydrogen) atoms. The number of halogens is 1. The number of carboxylic acids is 1. The Bertz CT molecular complexity index is 1340. The Morgan fingerprint density at radius 3 is 2.11 bits per heavy atom. The average molecular weight is 666 g/mol. The fourth-order valence-electron chi connectivity index (χ4n) is 3.09. The van der Waals surface area contributed by atoms with Crippen molar-refractivity contribution < 1.29 is 61.9 Å². The van der Waals surface area contributed by atoms with E-state index in [1.807, 2.05) is 27.5 Å². The van der Waals surface area contributed by atoms with Crippen molar-refractivity contribution in [1.29, 1.82) is 0 Å². The van der Waals surface area contributed by atoms with E-state index in [0.717, 1.165) is 3.57 Å². The largest absolute Gasteiger partial charge is 1.00 e. The number of rotatable bonds is 13. The van der Waals surface area contributed by atoms with Gasteiger partial charge in [0.2, 0.25) is 17.8 Å². The molecule has 0 aliphatic rings. The molecule has 0 unspecified atom stereocenters. The molecule has 198 valence electrons. The van der Waals surface area contributed by atoms with Gasteiger partial charge in [0.05, 0.1) is 29.4 Å². The summed E-state index contributed by atoms with van der Waals surface area (Å²) in [6, 6.07) is 10.00. The number of aromatic nitrogens is 3. The van der Waals surface area contributed by atoms with E-state index in [4.69, 9.17) is 9.47 Å². The van der Waals surface area contributed by atoms with Crippen LogP contribution in [0.5, 0.6) is 0 Å². The van der Waals surface area contributed by atoms with Crippen molar-refractivity contribution in [3.05, 3.63) is 51.6 Å². The summed E-state index contributed by atoms with van der Waals surface area (Å²) in [5.74, 6) is -0.707. The van der Waals surface area contributed by atoms with Crippen molar-refractivity contribution in [2.24, 2.45) is 0 Å². The van der Waals surface area contributed by atoms with Crippen molar-refractivity contribution in [3.63, 3.8) is 0 Å². The number of anilines is 5. The molecule has 0 bridgehead atoms. The Kier molecular flexibility index (Phi) is 12.6. The second-order valence-electron chi connectivity index (χ2n) is 7.48. The van der Waals surface area contributed by atoms with Crippen LogP contribution >= 0.6 is 22.6 Å². The topological polar surface area (TPSA) is 179 Å². The Labute approximate surface area is 255 Å². The van der Waals surface area contributed by atoms with Crippen LogP contribution in [0.1, 0.15) is 10.4 Å². The van der Waals surface area contributed by atoms with Gasteiger partial charge in [-0.1, -0.05) is 0 Å². The summed E-state index contributed by atoms with van der Waals surface area (Å²) in [6.45, 7) is 1.63. The first-order valence-electron chi connectivity index (χ1n) is 10.7. The molecule has 13 nitrogen and oxygen atoms in total. The molecule has 0 saturated heterocycles. The van der Waals surface area contributed by atoms with Crippen molar-refractivity contribution in [1.82, 2.24) is 15.0 Å². The summed E-state index contributed by atoms with van der Waals surface area (Å²) in [5.41, 5.74) is 0.728. The number of carboxylic acid groups (broad SMARTS) is 1. The van der Waals surface area contributed by atoms with Gasteiger partial charge < -0.3 is 34.7 Å². The zero-order chi connectivity index (χ0) is 27.0. The molecular weight excluding hydrogens is 642 g/mol. The first-order chi connectivity index (χ1) is 17.6. The van der Waals surface area contributed by atoms with Gasteiger partial charge in [-0.25, -0.2) is 13.2 Å². The molecule has 0 aliphatic carbocycles. The van der Waals surface area contributed by atoms with Gasteiger partial charge in [-0.15, -0.1) is 0 Å². The van der Waals surface area contributed by atoms with Crippen molar-refractivity contribution in [2.75, 3.05) is 56.1 Å². The fourth-order valence-corrected chi connectivity index (χ4v) is 4.05. The van der Waals surface area contributed by atoms with E-state index in [9.17, 15) is 22.9 Å². The number of nitrogens with one attached hydrogen (secondary N) is 2. The van der Waals surface area contributed by atoms with Gasteiger partial charge in [0.25, 0.3) is 0 Å². The Balaban J connectivity index is 0.00000507. The second-order valence-corrected chi connectivity index (χ2v) is 10.1. The summed E-state index contributed by atoms with van der Waals surface area (Å²) in [4.78, 5) is 26.5. The van der Waals surface area contributed by atoms with Crippen molar-refractivity contribution >= 4 is 67.9 Å². The minimum atomic E-state index is -4.59. The van der Waals surface area contributed by atoms with E-state index < -0.39 is 16.1 Å². The molecule has 3 rings (SSSR count). The molecule has 0 atom stereocenters. The summed E-state index contributed by atoms with van der Waals surface area (Å²) in [6.07, 6.45) is 0. The van der Waals surface area contributed by atoms with Crippen LogP contribution in [0.4, 0.5) is 29.2 Å². The van der Waals surface area contributed by atoms with Gasteiger partial charge in [0.1, 0.15) is 10.1 Å². The maximum Gasteiger partial charge on any atom is 1.00 e. The maximum absolute atomic E-state index is 11.8. The smallest absolute Gasteiger partial charge is 0.744 e. The maximum atomic E-state index is 11.8. The third-order valence-corrected chi connectivity index (χ3v) is 6.42. The third-order valence-electron chi connectivity index (χ3n) is 4.89. The number of hydrogen-bond acceptors (Lipinski definition) is 12. The van der Waals surface area contributed by atoms with E-state index in [2.05, 4.69) is 25.6 Å². The first kappa shape index (κ1) is 32.1. The fraction of sp³-hybridized carbons (Fsp3) is 0.273. The molecule has 0 amide bonds. The van der Waals surface area contributed by atoms with E-state index in [0.29, 0.717) is 32.0 Å². The average Bonchev–Trinajstić information content (AvgIpc) is 2.85. The summed E-state index contributed by atoms with van der Waals surface area (Å²) in [7, 11) is -1.46. The number of carbonyl (C=O) groups is 1. The van der Waals surface area contributed by atoms with E-state index in [1.165, 1.54) is 30.3 Å². The third kappa shape index (κ3) is 9.26. The molecule has 0 radical (unpaired) electrons. The summed E-state index contributed by atoms with van der Waals surface area (Å²) >= 11 is 2.02. The normalized spacial score (nSPS) is 10.9. The van der Waals surface area contributed by atoms with Crippen LogP contribution in [-0.2, 0) is 19.6 Å². The molecule has 3 aromatic rings. The predicted octanol–water partition coefficient (Wildman–Crippen LogP) is -0.331. The zero-order valence-corrected chi connectivity index (χ0v) is 25.8. The van der Waals surface area contributed by atoms with Gasteiger partial charge in [-0.3, -0.25) is 0 Å². The number of nitrogens with zero attached hydrogens (tertiary/aromatic N) is 4. The van der Waals surface area contributed by atoms with Crippen LogP contribution in [0, 0.1) is 3.57 Å².